The minimum absolute atomic E-state index is 0.0490. The molecule has 1 aliphatic rings. The zero-order valence-corrected chi connectivity index (χ0v) is 30.1. The molecule has 9 heteroatoms. The number of rotatable bonds is 9. The van der Waals surface area contributed by atoms with Crippen LogP contribution >= 0.6 is 0 Å². The Balaban J connectivity index is 1.42. The highest BCUT2D eigenvalue weighted by Gasteiger charge is 2.35. The first-order valence-corrected chi connectivity index (χ1v) is 17.4. The molecule has 266 valence electrons. The van der Waals surface area contributed by atoms with Crippen LogP contribution in [-0.4, -0.2) is 27.8 Å². The second kappa shape index (κ2) is 13.2. The Bertz CT molecular complexity index is 2480. The SMILES string of the molecule is CC(C)(C)CC(C)(C)c1ccc(Oc2cc(Nc3ccccc3)c3c4c(c(C(=O)Nc5ccc(C(=O)O)cc5)c(=O)[nH]c24)-c2ccccc2C3=O)cc1. The average molecular weight is 706 g/mol. The van der Waals surface area contributed by atoms with E-state index in [1.807, 2.05) is 54.6 Å². The molecule has 1 aromatic heterocycles. The van der Waals surface area contributed by atoms with Crippen LogP contribution in [0.3, 0.4) is 0 Å². The van der Waals surface area contributed by atoms with Crippen molar-refractivity contribution in [2.75, 3.05) is 10.6 Å². The fourth-order valence-electron chi connectivity index (χ4n) is 7.48. The molecule has 0 aliphatic heterocycles. The Labute approximate surface area is 306 Å². The average Bonchev–Trinajstić information content (AvgIpc) is 3.11. The minimum atomic E-state index is -1.11. The predicted octanol–water partition coefficient (Wildman–Crippen LogP) is 9.94. The lowest BCUT2D eigenvalue weighted by molar-refractivity contribution is 0.0696. The minimum Gasteiger partial charge on any atom is -0.478 e. The maximum Gasteiger partial charge on any atom is 0.335 e. The van der Waals surface area contributed by atoms with E-state index in [9.17, 15) is 24.3 Å². The van der Waals surface area contributed by atoms with Gasteiger partial charge in [0.05, 0.1) is 22.3 Å². The third kappa shape index (κ3) is 6.81. The van der Waals surface area contributed by atoms with Gasteiger partial charge in [-0.1, -0.05) is 89.2 Å². The van der Waals surface area contributed by atoms with Crippen LogP contribution in [0.5, 0.6) is 11.5 Å². The molecule has 0 spiro atoms. The molecule has 4 N–H and O–H groups in total. The number of carboxylic acids is 1. The standard InChI is InChI=1S/C44H39N3O6/c1-43(2,3)24-44(4,5)26-17-21-29(22-18-26)53-33-23-32(45-27-11-7-6-8-12-27)35-36-34(30-13-9-10-14-31(30)39(35)48)37(41(50)47-38(33)36)40(49)46-28-19-15-25(16-20-28)42(51)52/h6-23,45H,24H2,1-5H3,(H,46,49)(H,47,50)(H,51,52). The number of hydrogen-bond acceptors (Lipinski definition) is 6. The summed E-state index contributed by atoms with van der Waals surface area (Å²) < 4.78 is 6.55. The van der Waals surface area contributed by atoms with Crippen molar-refractivity contribution < 1.29 is 24.2 Å². The monoisotopic (exact) mass is 705 g/mol. The van der Waals surface area contributed by atoms with Crippen molar-refractivity contribution in [1.29, 1.82) is 0 Å². The maximum absolute atomic E-state index is 14.4. The van der Waals surface area contributed by atoms with Crippen molar-refractivity contribution in [3.63, 3.8) is 0 Å². The molecule has 6 aromatic rings. The smallest absolute Gasteiger partial charge is 0.335 e. The number of pyridine rings is 1. The molecule has 1 amide bonds. The van der Waals surface area contributed by atoms with Gasteiger partial charge < -0.3 is 25.5 Å². The van der Waals surface area contributed by atoms with Crippen molar-refractivity contribution in [3.05, 3.63) is 147 Å². The van der Waals surface area contributed by atoms with Crippen LogP contribution < -0.4 is 20.9 Å². The van der Waals surface area contributed by atoms with Crippen LogP contribution in [0.2, 0.25) is 0 Å². The van der Waals surface area contributed by atoms with Gasteiger partial charge in [0.15, 0.2) is 11.5 Å². The number of fused-ring (bicyclic) bond motifs is 2. The van der Waals surface area contributed by atoms with Gasteiger partial charge in [0.2, 0.25) is 0 Å². The first kappa shape index (κ1) is 34.9. The van der Waals surface area contributed by atoms with E-state index in [0.717, 1.165) is 17.7 Å². The van der Waals surface area contributed by atoms with E-state index in [0.29, 0.717) is 33.6 Å². The lowest BCUT2D eigenvalue weighted by atomic mass is 9.72. The van der Waals surface area contributed by atoms with Crippen molar-refractivity contribution in [1.82, 2.24) is 4.98 Å². The predicted molar refractivity (Wildman–Crippen MR) is 208 cm³/mol. The molecule has 9 nitrogen and oxygen atoms in total. The lowest BCUT2D eigenvalue weighted by Crippen LogP contribution is -2.27. The summed E-state index contributed by atoms with van der Waals surface area (Å²) in [6.45, 7) is 11.1. The number of carbonyl (C=O) groups is 3. The lowest BCUT2D eigenvalue weighted by Gasteiger charge is -2.33. The second-order valence-electron chi connectivity index (χ2n) is 15.2. The summed E-state index contributed by atoms with van der Waals surface area (Å²) in [5.41, 5.74) is 3.42. The van der Waals surface area contributed by atoms with Crippen LogP contribution in [0.15, 0.2) is 114 Å². The molecule has 0 radical (unpaired) electrons. The molecule has 0 unspecified atom stereocenters. The number of para-hydroxylation sites is 1. The first-order valence-electron chi connectivity index (χ1n) is 17.4. The van der Waals surface area contributed by atoms with Crippen LogP contribution in [0.25, 0.3) is 22.0 Å². The Morgan fingerprint density at radius 2 is 1.40 bits per heavy atom. The third-order valence-corrected chi connectivity index (χ3v) is 9.43. The molecular weight excluding hydrogens is 666 g/mol. The molecule has 5 aromatic carbocycles. The van der Waals surface area contributed by atoms with E-state index in [1.165, 1.54) is 24.3 Å². The number of ether oxygens (including phenoxy) is 1. The molecule has 0 saturated heterocycles. The molecule has 7 rings (SSSR count). The van der Waals surface area contributed by atoms with E-state index < -0.39 is 17.4 Å². The number of anilines is 3. The number of hydrogen-bond donors (Lipinski definition) is 4. The number of carboxylic acid groups (broad SMARTS) is 1. The number of aromatic carboxylic acids is 1. The highest BCUT2D eigenvalue weighted by molar-refractivity contribution is 6.31. The molecule has 53 heavy (non-hydrogen) atoms. The number of aromatic amines is 1. The van der Waals surface area contributed by atoms with Crippen LogP contribution in [0.1, 0.15) is 83.2 Å². The number of aromatic nitrogens is 1. The van der Waals surface area contributed by atoms with E-state index in [4.69, 9.17) is 4.74 Å². The fraction of sp³-hybridized carbons (Fsp3) is 0.182. The summed E-state index contributed by atoms with van der Waals surface area (Å²) in [6.07, 6.45) is 0.976. The number of H-pyrrole nitrogens is 1. The fourth-order valence-corrected chi connectivity index (χ4v) is 7.48. The van der Waals surface area contributed by atoms with Gasteiger partial charge in [-0.05, 0) is 76.9 Å². The van der Waals surface area contributed by atoms with Gasteiger partial charge in [-0.3, -0.25) is 14.4 Å². The summed E-state index contributed by atoms with van der Waals surface area (Å²) in [4.78, 5) is 56.9. The molecule has 0 atom stereocenters. The second-order valence-corrected chi connectivity index (χ2v) is 15.2. The molecule has 0 bridgehead atoms. The zero-order chi connectivity index (χ0) is 37.7. The number of ketones is 1. The van der Waals surface area contributed by atoms with E-state index in [1.54, 1.807) is 30.3 Å². The van der Waals surface area contributed by atoms with E-state index in [-0.39, 0.29) is 50.1 Å². The van der Waals surface area contributed by atoms with Gasteiger partial charge in [0, 0.05) is 34.0 Å². The summed E-state index contributed by atoms with van der Waals surface area (Å²) in [6, 6.07) is 31.5. The van der Waals surface area contributed by atoms with Gasteiger partial charge >= 0.3 is 5.97 Å². The van der Waals surface area contributed by atoms with Crippen LogP contribution in [0.4, 0.5) is 17.1 Å². The summed E-state index contributed by atoms with van der Waals surface area (Å²) >= 11 is 0. The van der Waals surface area contributed by atoms with Gasteiger partial charge in [-0.15, -0.1) is 0 Å². The molecule has 1 heterocycles. The van der Waals surface area contributed by atoms with Crippen molar-refractivity contribution in [2.24, 2.45) is 5.41 Å². The summed E-state index contributed by atoms with van der Waals surface area (Å²) in [5, 5.41) is 15.8. The first-order chi connectivity index (χ1) is 25.2. The molecule has 0 saturated carbocycles. The Morgan fingerprint density at radius 3 is 2.04 bits per heavy atom. The quantitative estimate of drug-likeness (QED) is 0.117. The van der Waals surface area contributed by atoms with Gasteiger partial charge in [0.25, 0.3) is 11.5 Å². The normalized spacial score (nSPS) is 12.3. The number of benzene rings is 5. The molecule has 0 fully saturated rings. The van der Waals surface area contributed by atoms with Gasteiger partial charge in [0.1, 0.15) is 11.3 Å². The molecular formula is C44H39N3O6. The topological polar surface area (TPSA) is 138 Å². The van der Waals surface area contributed by atoms with Crippen molar-refractivity contribution in [3.8, 4) is 22.6 Å². The number of amides is 1. The highest BCUT2D eigenvalue weighted by Crippen LogP contribution is 2.47. The van der Waals surface area contributed by atoms with Crippen LogP contribution in [-0.2, 0) is 5.41 Å². The van der Waals surface area contributed by atoms with Crippen molar-refractivity contribution >= 4 is 45.6 Å². The van der Waals surface area contributed by atoms with E-state index in [2.05, 4.69) is 50.2 Å². The van der Waals surface area contributed by atoms with Crippen molar-refractivity contribution in [2.45, 2.75) is 46.5 Å². The summed E-state index contributed by atoms with van der Waals surface area (Å²) in [5.74, 6) is -1.30. The number of nitrogens with one attached hydrogen (secondary N) is 3. The van der Waals surface area contributed by atoms with Crippen LogP contribution in [0, 0.1) is 5.41 Å². The highest BCUT2D eigenvalue weighted by atomic mass is 16.5. The van der Waals surface area contributed by atoms with Gasteiger partial charge in [-0.2, -0.15) is 0 Å². The Kier molecular flexibility index (Phi) is 8.74. The summed E-state index contributed by atoms with van der Waals surface area (Å²) in [7, 11) is 0. The Hall–Kier alpha value is -6.48. The van der Waals surface area contributed by atoms with E-state index >= 15 is 0 Å². The maximum atomic E-state index is 14.4. The molecule has 1 aliphatic carbocycles. The Morgan fingerprint density at radius 1 is 0.755 bits per heavy atom. The number of carbonyl (C=O) groups excluding carboxylic acids is 2. The van der Waals surface area contributed by atoms with Gasteiger partial charge in [-0.25, -0.2) is 4.79 Å². The third-order valence-electron chi connectivity index (χ3n) is 9.43. The largest absolute Gasteiger partial charge is 0.478 e. The zero-order valence-electron chi connectivity index (χ0n) is 30.1.